The van der Waals surface area contributed by atoms with Gasteiger partial charge in [0.25, 0.3) is 5.56 Å². The van der Waals surface area contributed by atoms with E-state index in [0.29, 0.717) is 11.7 Å². The quantitative estimate of drug-likeness (QED) is 0.497. The third kappa shape index (κ3) is 3.73. The highest BCUT2D eigenvalue weighted by Crippen LogP contribution is 2.35. The molecule has 0 bridgehead atoms. The van der Waals surface area contributed by atoms with Gasteiger partial charge >= 0.3 is 0 Å². The van der Waals surface area contributed by atoms with Crippen molar-refractivity contribution in [3.8, 4) is 0 Å². The molecule has 0 radical (unpaired) electrons. The first-order valence-electron chi connectivity index (χ1n) is 9.54. The van der Waals surface area contributed by atoms with Gasteiger partial charge in [0.15, 0.2) is 5.16 Å². The molecule has 0 saturated heterocycles. The number of amides is 1. The van der Waals surface area contributed by atoms with Crippen molar-refractivity contribution >= 4 is 39.2 Å². The second-order valence-corrected chi connectivity index (χ2v) is 9.47. The zero-order chi connectivity index (χ0) is 19.7. The minimum Gasteiger partial charge on any atom is -0.355 e. The van der Waals surface area contributed by atoms with Gasteiger partial charge in [-0.3, -0.25) is 14.2 Å². The molecular weight excluding hydrogens is 390 g/mol. The normalized spacial score (nSPS) is 14.2. The van der Waals surface area contributed by atoms with E-state index in [9.17, 15) is 9.59 Å². The molecule has 4 rings (SSSR count). The van der Waals surface area contributed by atoms with Crippen LogP contribution in [0.25, 0.3) is 10.2 Å². The van der Waals surface area contributed by atoms with Crippen LogP contribution in [-0.4, -0.2) is 27.3 Å². The number of carbonyl (C=O) groups excluding carboxylic acids is 1. The summed E-state index contributed by atoms with van der Waals surface area (Å²) in [5, 5.41) is 4.04. The van der Waals surface area contributed by atoms with Gasteiger partial charge in [0.2, 0.25) is 5.91 Å². The number of thiophene rings is 1. The van der Waals surface area contributed by atoms with Gasteiger partial charge in [-0.1, -0.05) is 42.1 Å². The van der Waals surface area contributed by atoms with Crippen LogP contribution in [0.15, 0.2) is 40.3 Å². The van der Waals surface area contributed by atoms with Crippen LogP contribution in [0.2, 0.25) is 0 Å². The minimum absolute atomic E-state index is 0.00332. The number of benzene rings is 1. The van der Waals surface area contributed by atoms with Crippen molar-refractivity contribution in [2.45, 2.75) is 43.0 Å². The number of thioether (sulfide) groups is 1. The first-order valence-corrected chi connectivity index (χ1v) is 11.2. The van der Waals surface area contributed by atoms with E-state index < -0.39 is 0 Å². The Hall–Kier alpha value is -2.12. The number of hydrogen-bond donors (Lipinski definition) is 1. The van der Waals surface area contributed by atoms with Crippen molar-refractivity contribution in [2.24, 2.45) is 7.05 Å². The van der Waals surface area contributed by atoms with Crippen LogP contribution in [0.1, 0.15) is 29.3 Å². The predicted molar refractivity (Wildman–Crippen MR) is 115 cm³/mol. The van der Waals surface area contributed by atoms with Crippen molar-refractivity contribution < 1.29 is 4.79 Å². The van der Waals surface area contributed by atoms with Gasteiger partial charge in [-0.25, -0.2) is 4.98 Å². The molecule has 146 valence electrons. The van der Waals surface area contributed by atoms with Gasteiger partial charge in [-0.15, -0.1) is 11.3 Å². The number of hydrogen-bond acceptors (Lipinski definition) is 5. The fourth-order valence-electron chi connectivity index (χ4n) is 3.54. The maximum Gasteiger partial charge on any atom is 0.262 e. The predicted octanol–water partition coefficient (Wildman–Crippen LogP) is 3.32. The summed E-state index contributed by atoms with van der Waals surface area (Å²) >= 11 is 2.97. The minimum atomic E-state index is -0.321. The molecule has 3 aromatic rings. The van der Waals surface area contributed by atoms with Crippen LogP contribution in [0.4, 0.5) is 0 Å². The molecule has 2 heterocycles. The number of rotatable bonds is 6. The summed E-state index contributed by atoms with van der Waals surface area (Å²) in [4.78, 5) is 32.2. The first-order chi connectivity index (χ1) is 13.5. The number of aromatic nitrogens is 2. The zero-order valence-electron chi connectivity index (χ0n) is 16.0. The van der Waals surface area contributed by atoms with Crippen molar-refractivity contribution in [3.63, 3.8) is 0 Å². The highest BCUT2D eigenvalue weighted by Gasteiger charge is 2.24. The molecular formula is C21H23N3O2S2. The van der Waals surface area contributed by atoms with E-state index in [-0.39, 0.29) is 16.7 Å². The molecule has 0 unspecified atom stereocenters. The zero-order valence-corrected chi connectivity index (χ0v) is 17.7. The number of carbonyl (C=O) groups is 1. The van der Waals surface area contributed by atoms with Crippen molar-refractivity contribution in [1.82, 2.24) is 14.9 Å². The van der Waals surface area contributed by atoms with Crippen molar-refractivity contribution in [3.05, 3.63) is 56.7 Å². The maximum atomic E-state index is 12.9. The molecule has 7 heteroatoms. The third-order valence-corrected chi connectivity index (χ3v) is 7.44. The summed E-state index contributed by atoms with van der Waals surface area (Å²) in [6.07, 6.45) is 3.94. The van der Waals surface area contributed by atoms with Crippen LogP contribution < -0.4 is 10.9 Å². The van der Waals surface area contributed by atoms with Gasteiger partial charge in [0, 0.05) is 18.5 Å². The number of nitrogens with zero attached hydrogens (tertiary/aromatic N) is 2. The van der Waals surface area contributed by atoms with Crippen molar-refractivity contribution in [1.29, 1.82) is 0 Å². The standard InChI is InChI=1S/C21H23N3O2S2/c1-13(18(25)22-12-11-14-7-4-3-5-8-14)27-21-23-19-17(20(26)24(21)2)15-9-6-10-16(15)28-19/h3-5,7-8,13H,6,9-12H2,1-2H3,(H,22,25)/t13-/m1/s1. The third-order valence-electron chi connectivity index (χ3n) is 5.11. The van der Waals surface area contributed by atoms with Gasteiger partial charge in [0.1, 0.15) is 4.83 Å². The Morgan fingerprint density at radius 1 is 1.32 bits per heavy atom. The van der Waals surface area contributed by atoms with E-state index >= 15 is 0 Å². The fourth-order valence-corrected chi connectivity index (χ4v) is 5.74. The molecule has 0 saturated carbocycles. The lowest BCUT2D eigenvalue weighted by atomic mass is 10.1. The molecule has 1 amide bonds. The Morgan fingerprint density at radius 2 is 2.11 bits per heavy atom. The van der Waals surface area contributed by atoms with E-state index in [1.165, 1.54) is 27.8 Å². The topological polar surface area (TPSA) is 64.0 Å². The average Bonchev–Trinajstić information content (AvgIpc) is 3.27. The van der Waals surface area contributed by atoms with Crippen LogP contribution in [0.3, 0.4) is 0 Å². The summed E-state index contributed by atoms with van der Waals surface area (Å²) in [6.45, 7) is 2.45. The number of fused-ring (bicyclic) bond motifs is 3. The van der Waals surface area contributed by atoms with E-state index in [2.05, 4.69) is 17.4 Å². The molecule has 1 aliphatic carbocycles. The van der Waals surface area contributed by atoms with Gasteiger partial charge in [-0.2, -0.15) is 0 Å². The average molecular weight is 414 g/mol. The van der Waals surface area contributed by atoms with Gasteiger partial charge in [-0.05, 0) is 43.7 Å². The molecule has 0 aliphatic heterocycles. The molecule has 2 aromatic heterocycles. The maximum absolute atomic E-state index is 12.9. The lowest BCUT2D eigenvalue weighted by Gasteiger charge is -2.13. The van der Waals surface area contributed by atoms with E-state index in [4.69, 9.17) is 4.98 Å². The fraction of sp³-hybridized carbons (Fsp3) is 0.381. The Kier molecular flexibility index (Phi) is 5.55. The lowest BCUT2D eigenvalue weighted by Crippen LogP contribution is -2.33. The highest BCUT2D eigenvalue weighted by molar-refractivity contribution is 8.00. The Balaban J connectivity index is 1.44. The number of nitrogens with one attached hydrogen (secondary N) is 1. The molecule has 1 aliphatic rings. The molecule has 5 nitrogen and oxygen atoms in total. The van der Waals surface area contributed by atoms with E-state index in [1.54, 1.807) is 23.0 Å². The Bertz CT molecular complexity index is 1070. The first kappa shape index (κ1) is 19.2. The Labute approximate surface area is 172 Å². The summed E-state index contributed by atoms with van der Waals surface area (Å²) in [7, 11) is 1.75. The summed E-state index contributed by atoms with van der Waals surface area (Å²) < 4.78 is 1.59. The summed E-state index contributed by atoms with van der Waals surface area (Å²) in [6, 6.07) is 10.1. The molecule has 0 fully saturated rings. The van der Waals surface area contributed by atoms with Crippen LogP contribution in [0, 0.1) is 0 Å². The Morgan fingerprint density at radius 3 is 2.89 bits per heavy atom. The lowest BCUT2D eigenvalue weighted by molar-refractivity contribution is -0.120. The van der Waals surface area contributed by atoms with Gasteiger partial charge in [0.05, 0.1) is 10.6 Å². The van der Waals surface area contributed by atoms with Gasteiger partial charge < -0.3 is 5.32 Å². The summed E-state index contributed by atoms with van der Waals surface area (Å²) in [5.41, 5.74) is 2.39. The molecule has 0 spiro atoms. The highest BCUT2D eigenvalue weighted by atomic mass is 32.2. The van der Waals surface area contributed by atoms with Crippen LogP contribution in [0.5, 0.6) is 0 Å². The molecule has 1 aromatic carbocycles. The van der Waals surface area contributed by atoms with Crippen molar-refractivity contribution in [2.75, 3.05) is 6.54 Å². The second-order valence-electron chi connectivity index (χ2n) is 7.08. The van der Waals surface area contributed by atoms with Crippen LogP contribution >= 0.6 is 23.1 Å². The SMILES string of the molecule is C[C@@H](Sc1nc2sc3c(c2c(=O)n1C)CCC3)C(=O)NCCc1ccccc1. The summed E-state index contributed by atoms with van der Waals surface area (Å²) in [5.74, 6) is -0.0380. The van der Waals surface area contributed by atoms with E-state index in [1.807, 2.05) is 25.1 Å². The van der Waals surface area contributed by atoms with Crippen LogP contribution in [-0.2, 0) is 31.1 Å². The smallest absolute Gasteiger partial charge is 0.262 e. The molecule has 1 atom stereocenters. The molecule has 1 N–H and O–H groups in total. The monoisotopic (exact) mass is 413 g/mol. The van der Waals surface area contributed by atoms with E-state index in [0.717, 1.165) is 35.9 Å². The second kappa shape index (κ2) is 8.09. The largest absolute Gasteiger partial charge is 0.355 e. The molecule has 28 heavy (non-hydrogen) atoms. The number of aryl methyl sites for hydroxylation is 2.